The molecule has 0 aromatic heterocycles. The van der Waals surface area contributed by atoms with E-state index in [0.717, 1.165) is 37.1 Å². The number of rotatable bonds is 6. The van der Waals surface area contributed by atoms with E-state index in [2.05, 4.69) is 5.32 Å². The fraction of sp³-hybridized carbons (Fsp3) is 0.263. The third-order valence-electron chi connectivity index (χ3n) is 4.10. The largest absolute Gasteiger partial charge is 0.489 e. The van der Waals surface area contributed by atoms with Gasteiger partial charge in [-0.2, -0.15) is 0 Å². The van der Waals surface area contributed by atoms with E-state index < -0.39 is 23.5 Å². The lowest BCUT2D eigenvalue weighted by atomic mass is 10.1. The Balaban J connectivity index is 1.76. The lowest BCUT2D eigenvalue weighted by Crippen LogP contribution is -2.19. The first kappa shape index (κ1) is 18.8. The fourth-order valence-electron chi connectivity index (χ4n) is 2.71. The van der Waals surface area contributed by atoms with Crippen molar-refractivity contribution < 1.29 is 33.0 Å². The third kappa shape index (κ3) is 4.59. The van der Waals surface area contributed by atoms with E-state index >= 15 is 0 Å². The van der Waals surface area contributed by atoms with Crippen molar-refractivity contribution in [2.75, 3.05) is 18.5 Å². The number of benzene rings is 2. The van der Waals surface area contributed by atoms with Gasteiger partial charge in [-0.1, -0.05) is 0 Å². The second-order valence-electron chi connectivity index (χ2n) is 6.04. The maximum absolute atomic E-state index is 14.0. The summed E-state index contributed by atoms with van der Waals surface area (Å²) in [6, 6.07) is 6.53. The molecule has 1 amide bonds. The van der Waals surface area contributed by atoms with Crippen molar-refractivity contribution in [3.05, 3.63) is 59.2 Å². The van der Waals surface area contributed by atoms with Gasteiger partial charge in [-0.3, -0.25) is 4.79 Å². The predicted octanol–water partition coefficient (Wildman–Crippen LogP) is 3.47. The minimum absolute atomic E-state index is 0.0414. The molecule has 1 atom stereocenters. The van der Waals surface area contributed by atoms with Crippen LogP contribution in [0.15, 0.2) is 36.4 Å². The van der Waals surface area contributed by atoms with Gasteiger partial charge in [-0.05, 0) is 43.2 Å². The van der Waals surface area contributed by atoms with Crippen molar-refractivity contribution in [2.24, 2.45) is 0 Å². The van der Waals surface area contributed by atoms with Crippen LogP contribution < -0.4 is 10.1 Å². The minimum atomic E-state index is -1.31. The number of anilines is 1. The van der Waals surface area contributed by atoms with E-state index in [0.29, 0.717) is 6.61 Å². The summed E-state index contributed by atoms with van der Waals surface area (Å²) in [6.07, 6.45) is 1.72. The molecule has 0 saturated carbocycles. The molecule has 8 heteroatoms. The average Bonchev–Trinajstić information content (AvgIpc) is 3.14. The average molecular weight is 377 g/mol. The molecule has 0 aliphatic carbocycles. The maximum Gasteiger partial charge on any atom is 0.335 e. The maximum atomic E-state index is 14.0. The van der Waals surface area contributed by atoms with E-state index in [1.165, 1.54) is 12.1 Å². The fourth-order valence-corrected chi connectivity index (χ4v) is 2.71. The minimum Gasteiger partial charge on any atom is -0.489 e. The van der Waals surface area contributed by atoms with Gasteiger partial charge in [0.15, 0.2) is 0 Å². The quantitative estimate of drug-likeness (QED) is 0.805. The molecule has 1 heterocycles. The lowest BCUT2D eigenvalue weighted by molar-refractivity contribution is 0.0681. The molecular weight excluding hydrogens is 360 g/mol. The Kier molecular flexibility index (Phi) is 5.66. The van der Waals surface area contributed by atoms with Crippen molar-refractivity contribution in [3.8, 4) is 5.75 Å². The van der Waals surface area contributed by atoms with E-state index in [-0.39, 0.29) is 35.3 Å². The van der Waals surface area contributed by atoms with Gasteiger partial charge in [0, 0.05) is 12.7 Å². The van der Waals surface area contributed by atoms with E-state index in [4.69, 9.17) is 14.6 Å². The zero-order valence-corrected chi connectivity index (χ0v) is 14.2. The second kappa shape index (κ2) is 8.13. The van der Waals surface area contributed by atoms with E-state index in [1.54, 1.807) is 0 Å². The molecule has 1 aliphatic rings. The number of carboxylic acid groups (broad SMARTS) is 1. The van der Waals surface area contributed by atoms with Crippen LogP contribution in [-0.4, -0.2) is 36.3 Å². The molecule has 2 N–H and O–H groups in total. The van der Waals surface area contributed by atoms with Gasteiger partial charge < -0.3 is 19.9 Å². The third-order valence-corrected chi connectivity index (χ3v) is 4.10. The highest BCUT2D eigenvalue weighted by Gasteiger charge is 2.19. The SMILES string of the molecule is O=C(O)c1ccc(C(=O)Nc2cc(F)ccc2OCC2CCCO2)c(F)c1. The Morgan fingerprint density at radius 2 is 2.04 bits per heavy atom. The van der Waals surface area contributed by atoms with Gasteiger partial charge in [-0.15, -0.1) is 0 Å². The zero-order chi connectivity index (χ0) is 19.4. The molecule has 1 unspecified atom stereocenters. The van der Waals surface area contributed by atoms with Gasteiger partial charge in [0.25, 0.3) is 5.91 Å². The summed E-state index contributed by atoms with van der Waals surface area (Å²) in [4.78, 5) is 23.2. The molecule has 0 bridgehead atoms. The molecule has 142 valence electrons. The number of aromatic carboxylic acids is 1. The molecule has 27 heavy (non-hydrogen) atoms. The number of carboxylic acids is 1. The molecule has 3 rings (SSSR count). The molecule has 1 fully saturated rings. The molecule has 0 spiro atoms. The lowest BCUT2D eigenvalue weighted by Gasteiger charge is -2.15. The molecule has 0 radical (unpaired) electrons. The summed E-state index contributed by atoms with van der Waals surface area (Å²) >= 11 is 0. The van der Waals surface area contributed by atoms with Crippen LogP contribution in [0.25, 0.3) is 0 Å². The number of hydrogen-bond donors (Lipinski definition) is 2. The Bertz CT molecular complexity index is 865. The van der Waals surface area contributed by atoms with Crippen molar-refractivity contribution in [1.82, 2.24) is 0 Å². The van der Waals surface area contributed by atoms with Crippen molar-refractivity contribution in [2.45, 2.75) is 18.9 Å². The van der Waals surface area contributed by atoms with Crippen molar-refractivity contribution >= 4 is 17.6 Å². The first-order valence-corrected chi connectivity index (χ1v) is 8.32. The van der Waals surface area contributed by atoms with Gasteiger partial charge in [-0.25, -0.2) is 13.6 Å². The smallest absolute Gasteiger partial charge is 0.335 e. The van der Waals surface area contributed by atoms with Crippen LogP contribution in [-0.2, 0) is 4.74 Å². The van der Waals surface area contributed by atoms with Crippen molar-refractivity contribution in [1.29, 1.82) is 0 Å². The van der Waals surface area contributed by atoms with Gasteiger partial charge in [0.1, 0.15) is 24.0 Å². The highest BCUT2D eigenvalue weighted by Crippen LogP contribution is 2.27. The van der Waals surface area contributed by atoms with E-state index in [1.807, 2.05) is 0 Å². The highest BCUT2D eigenvalue weighted by atomic mass is 19.1. The number of nitrogens with one attached hydrogen (secondary N) is 1. The molecule has 1 aliphatic heterocycles. The molecule has 2 aromatic carbocycles. The Hall–Kier alpha value is -3.00. The summed E-state index contributed by atoms with van der Waals surface area (Å²) in [7, 11) is 0. The zero-order valence-electron chi connectivity index (χ0n) is 14.2. The summed E-state index contributed by atoms with van der Waals surface area (Å²) in [5.74, 6) is -3.53. The topological polar surface area (TPSA) is 84.9 Å². The number of carbonyl (C=O) groups excluding carboxylic acids is 1. The highest BCUT2D eigenvalue weighted by molar-refractivity contribution is 6.05. The molecule has 1 saturated heterocycles. The Morgan fingerprint density at radius 1 is 1.22 bits per heavy atom. The van der Waals surface area contributed by atoms with Gasteiger partial charge in [0.2, 0.25) is 0 Å². The summed E-state index contributed by atoms with van der Waals surface area (Å²) in [5, 5.41) is 11.3. The van der Waals surface area contributed by atoms with Crippen LogP contribution in [0.2, 0.25) is 0 Å². The first-order chi connectivity index (χ1) is 12.9. The Morgan fingerprint density at radius 3 is 2.70 bits per heavy atom. The predicted molar refractivity (Wildman–Crippen MR) is 92.2 cm³/mol. The van der Waals surface area contributed by atoms with Gasteiger partial charge >= 0.3 is 5.97 Å². The molecule has 6 nitrogen and oxygen atoms in total. The number of amides is 1. The van der Waals surface area contributed by atoms with Crippen molar-refractivity contribution in [3.63, 3.8) is 0 Å². The van der Waals surface area contributed by atoms with Gasteiger partial charge in [0.05, 0.1) is 22.9 Å². The normalized spacial score (nSPS) is 16.1. The van der Waals surface area contributed by atoms with Crippen LogP contribution in [0.1, 0.15) is 33.6 Å². The van der Waals surface area contributed by atoms with Crippen LogP contribution in [0, 0.1) is 11.6 Å². The standard InChI is InChI=1S/C19H17F2NO5/c20-12-4-6-17(27-10-13-2-1-7-26-13)16(9-12)22-18(23)14-5-3-11(19(24)25)8-15(14)21/h3-6,8-9,13H,1-2,7,10H2,(H,22,23)(H,24,25). The Labute approximate surface area is 153 Å². The monoisotopic (exact) mass is 377 g/mol. The summed E-state index contributed by atoms with van der Waals surface area (Å²) in [6.45, 7) is 0.906. The van der Waals surface area contributed by atoms with Crippen LogP contribution >= 0.6 is 0 Å². The second-order valence-corrected chi connectivity index (χ2v) is 6.04. The first-order valence-electron chi connectivity index (χ1n) is 8.32. The number of ether oxygens (including phenoxy) is 2. The molecular formula is C19H17F2NO5. The number of halogens is 2. The molecule has 2 aromatic rings. The van der Waals surface area contributed by atoms with Crippen LogP contribution in [0.3, 0.4) is 0 Å². The number of hydrogen-bond acceptors (Lipinski definition) is 4. The van der Waals surface area contributed by atoms with Crippen LogP contribution in [0.4, 0.5) is 14.5 Å². The van der Waals surface area contributed by atoms with Crippen LogP contribution in [0.5, 0.6) is 5.75 Å². The van der Waals surface area contributed by atoms with E-state index in [9.17, 15) is 18.4 Å². The number of carbonyl (C=O) groups is 2. The summed E-state index contributed by atoms with van der Waals surface area (Å²) in [5.41, 5.74) is -0.607. The summed E-state index contributed by atoms with van der Waals surface area (Å²) < 4.78 is 38.7.